The quantitative estimate of drug-likeness (QED) is 0.224. The number of pyridine rings is 2. The summed E-state index contributed by atoms with van der Waals surface area (Å²) in [6, 6.07) is 13.5. The van der Waals surface area contributed by atoms with E-state index in [1.165, 1.54) is 30.7 Å². The van der Waals surface area contributed by atoms with Gasteiger partial charge in [0.15, 0.2) is 11.5 Å². The van der Waals surface area contributed by atoms with Gasteiger partial charge in [0.25, 0.3) is 0 Å². The third-order valence-electron chi connectivity index (χ3n) is 7.60. The van der Waals surface area contributed by atoms with Gasteiger partial charge in [0, 0.05) is 46.5 Å². The molecule has 222 valence electrons. The number of aryl methyl sites for hydroxylation is 1. The highest BCUT2D eigenvalue weighted by atomic mass is 35.5. The predicted molar refractivity (Wildman–Crippen MR) is 160 cm³/mol. The normalized spacial score (nSPS) is 15.1. The third-order valence-corrected chi connectivity index (χ3v) is 7.89. The standard InChI is InChI=1S/C32H25ClF2N6O3/c1-17-6-9-25-21(12-17)26-13-20(23(34)15-37-26)19(4-2-3-5-29(42)38-25)24-10-7-18(14-36-24)30-28(11-8-22(33)31(30)35)41-16-27(32(43)44)39-40-41/h6-16,19H,2-5H2,1H3,(H,38,42)(H,43,44). The number of halogens is 3. The van der Waals surface area contributed by atoms with Crippen molar-refractivity contribution in [3.8, 4) is 28.1 Å². The molecule has 1 aliphatic heterocycles. The Kier molecular flexibility index (Phi) is 7.88. The Balaban J connectivity index is 1.43. The van der Waals surface area contributed by atoms with E-state index in [0.29, 0.717) is 59.4 Å². The number of carbonyl (C=O) groups is 2. The number of nitrogens with zero attached hydrogens (tertiary/aromatic N) is 5. The number of fused-ring (bicyclic) bond motifs is 4. The second-order valence-corrected chi connectivity index (χ2v) is 11.0. The molecule has 1 atom stereocenters. The van der Waals surface area contributed by atoms with Crippen molar-refractivity contribution >= 4 is 29.2 Å². The van der Waals surface area contributed by atoms with E-state index in [1.807, 2.05) is 25.1 Å². The number of carboxylic acid groups (broad SMARTS) is 1. The summed E-state index contributed by atoms with van der Waals surface area (Å²) in [6.45, 7) is 1.93. The number of benzene rings is 2. The highest BCUT2D eigenvalue weighted by Gasteiger charge is 2.24. The van der Waals surface area contributed by atoms with E-state index in [9.17, 15) is 14.7 Å². The van der Waals surface area contributed by atoms with Crippen LogP contribution in [0.3, 0.4) is 0 Å². The molecule has 3 aromatic heterocycles. The van der Waals surface area contributed by atoms with Crippen LogP contribution in [-0.4, -0.2) is 41.9 Å². The molecule has 2 aromatic carbocycles. The number of aromatic nitrogens is 5. The summed E-state index contributed by atoms with van der Waals surface area (Å²) in [6.07, 6.45) is 5.85. The van der Waals surface area contributed by atoms with Gasteiger partial charge in [-0.1, -0.05) is 40.9 Å². The molecule has 1 aliphatic rings. The molecule has 5 aromatic rings. The van der Waals surface area contributed by atoms with Gasteiger partial charge in [0.2, 0.25) is 5.91 Å². The minimum Gasteiger partial charge on any atom is -0.476 e. The molecule has 4 heterocycles. The van der Waals surface area contributed by atoms with Gasteiger partial charge in [0.05, 0.1) is 34.5 Å². The minimum absolute atomic E-state index is 0.0486. The Bertz CT molecular complexity index is 1910. The lowest BCUT2D eigenvalue weighted by Crippen LogP contribution is -2.14. The maximum atomic E-state index is 15.5. The van der Waals surface area contributed by atoms with Crippen molar-refractivity contribution in [2.45, 2.75) is 38.5 Å². The van der Waals surface area contributed by atoms with E-state index in [1.54, 1.807) is 18.2 Å². The van der Waals surface area contributed by atoms with E-state index < -0.39 is 23.5 Å². The molecule has 2 bridgehead atoms. The topological polar surface area (TPSA) is 123 Å². The molecule has 0 aliphatic carbocycles. The zero-order valence-electron chi connectivity index (χ0n) is 23.4. The Hall–Kier alpha value is -5.03. The van der Waals surface area contributed by atoms with Crippen molar-refractivity contribution in [3.63, 3.8) is 0 Å². The fourth-order valence-electron chi connectivity index (χ4n) is 5.40. The fourth-order valence-corrected chi connectivity index (χ4v) is 5.56. The Labute approximate surface area is 255 Å². The summed E-state index contributed by atoms with van der Waals surface area (Å²) >= 11 is 6.12. The molecule has 1 amide bonds. The van der Waals surface area contributed by atoms with Crippen molar-refractivity contribution in [3.05, 3.63) is 106 Å². The lowest BCUT2D eigenvalue weighted by molar-refractivity contribution is -0.116. The number of amides is 1. The Morgan fingerprint density at radius 2 is 1.91 bits per heavy atom. The van der Waals surface area contributed by atoms with Gasteiger partial charge in [-0.3, -0.25) is 14.8 Å². The van der Waals surface area contributed by atoms with Crippen molar-refractivity contribution in [2.24, 2.45) is 0 Å². The first-order valence-corrected chi connectivity index (χ1v) is 14.2. The molecule has 0 radical (unpaired) electrons. The molecular weight excluding hydrogens is 590 g/mol. The van der Waals surface area contributed by atoms with E-state index in [-0.39, 0.29) is 27.9 Å². The SMILES string of the molecule is Cc1ccc2c(c1)-c1cc(c(F)cn1)C(c1ccc(-c3c(-n4cc(C(=O)O)nn4)ccc(Cl)c3F)cn1)CCCCC(=O)N2. The highest BCUT2D eigenvalue weighted by Crippen LogP contribution is 2.38. The molecule has 1 unspecified atom stereocenters. The van der Waals surface area contributed by atoms with Crippen LogP contribution in [0.4, 0.5) is 14.5 Å². The maximum absolute atomic E-state index is 15.5. The molecule has 0 spiro atoms. The van der Waals surface area contributed by atoms with Crippen LogP contribution >= 0.6 is 11.6 Å². The van der Waals surface area contributed by atoms with Crippen molar-refractivity contribution < 1.29 is 23.5 Å². The number of rotatable bonds is 4. The number of carbonyl (C=O) groups excluding carboxylic acids is 1. The van der Waals surface area contributed by atoms with E-state index in [4.69, 9.17) is 11.6 Å². The minimum atomic E-state index is -1.28. The number of hydrogen-bond acceptors (Lipinski definition) is 6. The van der Waals surface area contributed by atoms with Gasteiger partial charge < -0.3 is 10.4 Å². The van der Waals surface area contributed by atoms with Crippen molar-refractivity contribution in [1.29, 1.82) is 0 Å². The molecule has 44 heavy (non-hydrogen) atoms. The molecule has 0 fully saturated rings. The van der Waals surface area contributed by atoms with Crippen LogP contribution < -0.4 is 5.32 Å². The molecule has 12 heteroatoms. The second kappa shape index (κ2) is 11.9. The summed E-state index contributed by atoms with van der Waals surface area (Å²) in [7, 11) is 0. The van der Waals surface area contributed by atoms with E-state index in [2.05, 4.69) is 25.6 Å². The first kappa shape index (κ1) is 29.1. The number of carboxylic acids is 1. The number of aromatic carboxylic acids is 1. The molecule has 0 saturated heterocycles. The smallest absolute Gasteiger partial charge is 0.358 e. The lowest BCUT2D eigenvalue weighted by atomic mass is 9.88. The van der Waals surface area contributed by atoms with Gasteiger partial charge >= 0.3 is 5.97 Å². The fraction of sp³-hybridized carbons (Fsp3) is 0.188. The van der Waals surface area contributed by atoms with Crippen LogP contribution in [0.25, 0.3) is 28.1 Å². The van der Waals surface area contributed by atoms with Gasteiger partial charge in [-0.15, -0.1) is 5.10 Å². The van der Waals surface area contributed by atoms with Crippen molar-refractivity contribution in [2.75, 3.05) is 5.32 Å². The number of hydrogen-bond donors (Lipinski definition) is 2. The maximum Gasteiger partial charge on any atom is 0.358 e. The monoisotopic (exact) mass is 614 g/mol. The first-order valence-electron chi connectivity index (χ1n) is 13.9. The van der Waals surface area contributed by atoms with Crippen LogP contribution in [0.15, 0.2) is 67.1 Å². The average Bonchev–Trinajstić information content (AvgIpc) is 3.51. The lowest BCUT2D eigenvalue weighted by Gasteiger charge is -2.21. The third kappa shape index (κ3) is 5.66. The molecule has 9 nitrogen and oxygen atoms in total. The highest BCUT2D eigenvalue weighted by molar-refractivity contribution is 6.31. The molecular formula is C32H25ClF2N6O3. The summed E-state index contributed by atoms with van der Waals surface area (Å²) in [4.78, 5) is 33.0. The number of anilines is 1. The van der Waals surface area contributed by atoms with Gasteiger partial charge in [0.1, 0.15) is 5.82 Å². The summed E-state index contributed by atoms with van der Waals surface area (Å²) in [5.74, 6) is -3.09. The van der Waals surface area contributed by atoms with Crippen LogP contribution in [0.1, 0.15) is 58.9 Å². The van der Waals surface area contributed by atoms with Crippen LogP contribution in [0, 0.1) is 18.6 Å². The summed E-state index contributed by atoms with van der Waals surface area (Å²) in [5.41, 5.74) is 4.03. The van der Waals surface area contributed by atoms with Gasteiger partial charge in [-0.05, 0) is 56.2 Å². The zero-order chi connectivity index (χ0) is 31.0. The van der Waals surface area contributed by atoms with Gasteiger partial charge in [-0.25, -0.2) is 18.3 Å². The van der Waals surface area contributed by atoms with Crippen molar-refractivity contribution in [1.82, 2.24) is 25.0 Å². The predicted octanol–water partition coefficient (Wildman–Crippen LogP) is 6.97. The van der Waals surface area contributed by atoms with Gasteiger partial charge in [-0.2, -0.15) is 0 Å². The summed E-state index contributed by atoms with van der Waals surface area (Å²) < 4.78 is 32.1. The van der Waals surface area contributed by atoms with E-state index >= 15 is 8.78 Å². The van der Waals surface area contributed by atoms with Crippen LogP contribution in [-0.2, 0) is 4.79 Å². The molecule has 6 rings (SSSR count). The zero-order valence-corrected chi connectivity index (χ0v) is 24.1. The second-order valence-electron chi connectivity index (χ2n) is 10.6. The molecule has 2 N–H and O–H groups in total. The first-order chi connectivity index (χ1) is 21.2. The number of nitrogens with one attached hydrogen (secondary N) is 1. The van der Waals surface area contributed by atoms with Crippen LogP contribution in [0.2, 0.25) is 5.02 Å². The Morgan fingerprint density at radius 3 is 2.66 bits per heavy atom. The molecule has 0 saturated carbocycles. The largest absolute Gasteiger partial charge is 0.476 e. The summed E-state index contributed by atoms with van der Waals surface area (Å²) in [5, 5.41) is 19.5. The van der Waals surface area contributed by atoms with Crippen LogP contribution in [0.5, 0.6) is 0 Å². The van der Waals surface area contributed by atoms with E-state index in [0.717, 1.165) is 10.2 Å². The Morgan fingerprint density at radius 1 is 1.07 bits per heavy atom. The average molecular weight is 615 g/mol.